The Balaban J connectivity index is 0.00000210. The Kier molecular flexibility index (Phi) is 11.3. The number of carbonyl (C=O) groups is 1. The number of halogens is 2. The smallest absolute Gasteiger partial charge is 0.220 e. The van der Waals surface area contributed by atoms with E-state index in [9.17, 15) is 4.79 Å². The first-order valence-corrected chi connectivity index (χ1v) is 10.5. The molecular formula is C22H37Cl2N3O2. The van der Waals surface area contributed by atoms with Crippen LogP contribution in [0.4, 0.5) is 0 Å². The fourth-order valence-corrected chi connectivity index (χ4v) is 4.71. The van der Waals surface area contributed by atoms with Crippen molar-refractivity contribution < 1.29 is 9.53 Å². The van der Waals surface area contributed by atoms with E-state index in [0.29, 0.717) is 19.5 Å². The molecule has 29 heavy (non-hydrogen) atoms. The molecule has 1 atom stereocenters. The van der Waals surface area contributed by atoms with E-state index in [1.807, 2.05) is 12.1 Å². The van der Waals surface area contributed by atoms with Crippen LogP contribution in [0.15, 0.2) is 24.3 Å². The highest BCUT2D eigenvalue weighted by Gasteiger charge is 2.33. The van der Waals surface area contributed by atoms with Crippen molar-refractivity contribution in [1.29, 1.82) is 0 Å². The van der Waals surface area contributed by atoms with Crippen LogP contribution in [-0.4, -0.2) is 44.1 Å². The second kappa shape index (κ2) is 12.6. The molecule has 1 aliphatic heterocycles. The molecule has 0 aromatic heterocycles. The lowest BCUT2D eigenvalue weighted by Gasteiger charge is -2.36. The third-order valence-electron chi connectivity index (χ3n) is 6.46. The van der Waals surface area contributed by atoms with Crippen molar-refractivity contribution >= 4 is 30.7 Å². The highest BCUT2D eigenvalue weighted by molar-refractivity contribution is 5.85. The fraction of sp³-hybridized carbons (Fsp3) is 0.682. The van der Waals surface area contributed by atoms with E-state index in [0.717, 1.165) is 31.7 Å². The fourth-order valence-electron chi connectivity index (χ4n) is 4.71. The van der Waals surface area contributed by atoms with Gasteiger partial charge in [0.1, 0.15) is 5.75 Å². The zero-order valence-electron chi connectivity index (χ0n) is 17.5. The molecule has 0 bridgehead atoms. The highest BCUT2D eigenvalue weighted by atomic mass is 35.5. The van der Waals surface area contributed by atoms with Gasteiger partial charge in [-0.3, -0.25) is 9.69 Å². The molecule has 166 valence electrons. The van der Waals surface area contributed by atoms with Crippen LogP contribution in [0.2, 0.25) is 0 Å². The number of nitrogens with zero attached hydrogens (tertiary/aromatic N) is 1. The van der Waals surface area contributed by atoms with Crippen molar-refractivity contribution in [2.75, 3.05) is 33.3 Å². The minimum absolute atomic E-state index is 0. The molecule has 1 heterocycles. The molecule has 3 rings (SSSR count). The van der Waals surface area contributed by atoms with Crippen LogP contribution in [0.25, 0.3) is 0 Å². The number of benzene rings is 1. The molecule has 0 spiro atoms. The summed E-state index contributed by atoms with van der Waals surface area (Å²) < 4.78 is 5.29. The minimum atomic E-state index is 0. The lowest BCUT2D eigenvalue weighted by molar-refractivity contribution is -0.124. The third kappa shape index (κ3) is 7.02. The maximum absolute atomic E-state index is 12.7. The number of ether oxygens (including phenoxy) is 1. The van der Waals surface area contributed by atoms with Gasteiger partial charge < -0.3 is 15.8 Å². The van der Waals surface area contributed by atoms with Gasteiger partial charge in [-0.15, -0.1) is 24.8 Å². The predicted molar refractivity (Wildman–Crippen MR) is 123 cm³/mol. The molecule has 2 fully saturated rings. The maximum atomic E-state index is 12.7. The predicted octanol–water partition coefficient (Wildman–Crippen LogP) is 4.09. The van der Waals surface area contributed by atoms with Crippen molar-refractivity contribution in [3.05, 3.63) is 29.8 Å². The summed E-state index contributed by atoms with van der Waals surface area (Å²) in [7, 11) is 1.69. The average molecular weight is 446 g/mol. The van der Waals surface area contributed by atoms with Gasteiger partial charge >= 0.3 is 0 Å². The zero-order valence-corrected chi connectivity index (χ0v) is 19.2. The standard InChI is InChI=1S/C22H35N3O2.2ClH/c1-27-19-9-7-18(8-10-19)20(25-13-5-6-14-25)16-24-21(26)15-22(17-23)11-3-2-4-12-22;;/h7-10,20H,2-6,11-17,23H2,1H3,(H,24,26);2*1H. The Hall–Kier alpha value is -1.01. The molecule has 3 N–H and O–H groups in total. The van der Waals surface area contributed by atoms with Crippen LogP contribution < -0.4 is 15.8 Å². The summed E-state index contributed by atoms with van der Waals surface area (Å²) in [6, 6.07) is 8.48. The van der Waals surface area contributed by atoms with Gasteiger partial charge in [0, 0.05) is 13.0 Å². The van der Waals surface area contributed by atoms with Crippen LogP contribution >= 0.6 is 24.8 Å². The van der Waals surface area contributed by atoms with Crippen LogP contribution in [0, 0.1) is 5.41 Å². The van der Waals surface area contributed by atoms with Crippen molar-refractivity contribution in [3.8, 4) is 5.75 Å². The SMILES string of the molecule is COc1ccc(C(CNC(=O)CC2(CN)CCCCC2)N2CCCC2)cc1.Cl.Cl. The molecule has 2 aliphatic rings. The molecule has 1 aromatic rings. The number of likely N-dealkylation sites (tertiary alicyclic amines) is 1. The van der Waals surface area contributed by atoms with Crippen LogP contribution in [0.1, 0.15) is 63.0 Å². The van der Waals surface area contributed by atoms with E-state index in [2.05, 4.69) is 22.3 Å². The molecule has 7 heteroatoms. The summed E-state index contributed by atoms with van der Waals surface area (Å²) in [5.41, 5.74) is 7.32. The number of rotatable bonds is 8. The third-order valence-corrected chi connectivity index (χ3v) is 6.46. The summed E-state index contributed by atoms with van der Waals surface area (Å²) in [5.74, 6) is 1.02. The summed E-state index contributed by atoms with van der Waals surface area (Å²) in [6.07, 6.45) is 8.89. The quantitative estimate of drug-likeness (QED) is 0.631. The first-order valence-electron chi connectivity index (χ1n) is 10.5. The maximum Gasteiger partial charge on any atom is 0.220 e. The zero-order chi connectivity index (χ0) is 19.1. The molecule has 1 aliphatic carbocycles. The molecule has 5 nitrogen and oxygen atoms in total. The Bertz CT molecular complexity index is 601. The van der Waals surface area contributed by atoms with Gasteiger partial charge in [0.15, 0.2) is 0 Å². The lowest BCUT2D eigenvalue weighted by atomic mass is 9.71. The Morgan fingerprint density at radius 1 is 1.10 bits per heavy atom. The Labute approximate surface area is 187 Å². The minimum Gasteiger partial charge on any atom is -0.497 e. The molecule has 1 unspecified atom stereocenters. The van der Waals surface area contributed by atoms with E-state index >= 15 is 0 Å². The molecule has 1 saturated heterocycles. The molecule has 0 radical (unpaired) electrons. The molecule has 1 amide bonds. The van der Waals surface area contributed by atoms with Gasteiger partial charge in [0.25, 0.3) is 0 Å². The normalized spacial score (nSPS) is 19.5. The van der Waals surface area contributed by atoms with Gasteiger partial charge in [-0.1, -0.05) is 31.4 Å². The van der Waals surface area contributed by atoms with Gasteiger partial charge in [0.2, 0.25) is 5.91 Å². The number of nitrogens with one attached hydrogen (secondary N) is 1. The van der Waals surface area contributed by atoms with E-state index in [1.165, 1.54) is 37.7 Å². The second-order valence-electron chi connectivity index (χ2n) is 8.28. The van der Waals surface area contributed by atoms with Crippen LogP contribution in [0.5, 0.6) is 5.75 Å². The van der Waals surface area contributed by atoms with E-state index < -0.39 is 0 Å². The number of hydrogen-bond acceptors (Lipinski definition) is 4. The second-order valence-corrected chi connectivity index (χ2v) is 8.28. The van der Waals surface area contributed by atoms with Crippen LogP contribution in [-0.2, 0) is 4.79 Å². The van der Waals surface area contributed by atoms with Crippen molar-refractivity contribution in [1.82, 2.24) is 10.2 Å². The number of methoxy groups -OCH3 is 1. The van der Waals surface area contributed by atoms with Gasteiger partial charge in [-0.2, -0.15) is 0 Å². The Morgan fingerprint density at radius 3 is 2.28 bits per heavy atom. The Morgan fingerprint density at radius 2 is 1.72 bits per heavy atom. The number of carbonyl (C=O) groups excluding carboxylic acids is 1. The van der Waals surface area contributed by atoms with Crippen molar-refractivity contribution in [2.24, 2.45) is 11.1 Å². The van der Waals surface area contributed by atoms with Crippen molar-refractivity contribution in [2.45, 2.75) is 57.4 Å². The summed E-state index contributed by atoms with van der Waals surface area (Å²) in [5, 5.41) is 3.23. The highest BCUT2D eigenvalue weighted by Crippen LogP contribution is 2.38. The van der Waals surface area contributed by atoms with E-state index in [4.69, 9.17) is 10.5 Å². The number of nitrogens with two attached hydrogens (primary N) is 1. The summed E-state index contributed by atoms with van der Waals surface area (Å²) >= 11 is 0. The number of hydrogen-bond donors (Lipinski definition) is 2. The van der Waals surface area contributed by atoms with Gasteiger partial charge in [0.05, 0.1) is 13.2 Å². The van der Waals surface area contributed by atoms with Crippen molar-refractivity contribution in [3.63, 3.8) is 0 Å². The largest absolute Gasteiger partial charge is 0.497 e. The molecule has 1 saturated carbocycles. The average Bonchev–Trinajstić information content (AvgIpc) is 3.24. The summed E-state index contributed by atoms with van der Waals surface area (Å²) in [6.45, 7) is 3.47. The molecule has 1 aromatic carbocycles. The van der Waals surface area contributed by atoms with Crippen LogP contribution in [0.3, 0.4) is 0 Å². The monoisotopic (exact) mass is 445 g/mol. The van der Waals surface area contributed by atoms with Gasteiger partial charge in [-0.25, -0.2) is 0 Å². The topological polar surface area (TPSA) is 67.6 Å². The van der Waals surface area contributed by atoms with Gasteiger partial charge in [-0.05, 0) is 68.4 Å². The summed E-state index contributed by atoms with van der Waals surface area (Å²) in [4.78, 5) is 15.2. The molecular weight excluding hydrogens is 409 g/mol. The first-order chi connectivity index (χ1) is 13.2. The van der Waals surface area contributed by atoms with E-state index in [1.54, 1.807) is 7.11 Å². The lowest BCUT2D eigenvalue weighted by Crippen LogP contribution is -2.41. The van der Waals surface area contributed by atoms with E-state index in [-0.39, 0.29) is 42.2 Å². The first kappa shape index (κ1) is 26.0. The number of amides is 1.